The Hall–Kier alpha value is -3.72. The maximum atomic E-state index is 4.67. The summed E-state index contributed by atoms with van der Waals surface area (Å²) in [4.78, 5) is 0. The van der Waals surface area contributed by atoms with Crippen molar-refractivity contribution in [1.82, 2.24) is 0 Å². The molecule has 5 aliphatic carbocycles. The van der Waals surface area contributed by atoms with Crippen molar-refractivity contribution < 1.29 is 0 Å². The molecule has 11 rings (SSSR count). The number of benzene rings is 6. The Balaban J connectivity index is 1.43. The van der Waals surface area contributed by atoms with Gasteiger partial charge in [0.2, 0.25) is 0 Å². The molecular weight excluding hydrogens is 640 g/mol. The topological polar surface area (TPSA) is 0 Å². The summed E-state index contributed by atoms with van der Waals surface area (Å²) in [7, 11) is 0. The lowest BCUT2D eigenvalue weighted by atomic mass is 9.66. The van der Waals surface area contributed by atoms with E-state index >= 15 is 0 Å². The fraction of sp³-hybridized carbons (Fsp3) is 0.100. The van der Waals surface area contributed by atoms with Crippen molar-refractivity contribution in [3.8, 4) is 44.5 Å². The van der Waals surface area contributed by atoms with Crippen LogP contribution in [0.2, 0.25) is 0 Å². The smallest absolute Gasteiger partial charge is 0.0725 e. The van der Waals surface area contributed by atoms with Crippen molar-refractivity contribution in [3.63, 3.8) is 0 Å². The molecule has 4 atom stereocenters. The molecule has 0 fully saturated rings. The van der Waals surface area contributed by atoms with Gasteiger partial charge >= 0.3 is 0 Å². The van der Waals surface area contributed by atoms with E-state index in [-0.39, 0.29) is 11.8 Å². The number of hydrogen-bond acceptors (Lipinski definition) is 0. The van der Waals surface area contributed by atoms with Crippen LogP contribution >= 0.6 is 31.9 Å². The molecule has 0 aliphatic heterocycles. The Morgan fingerprint density at radius 2 is 0.714 bits per heavy atom. The molecule has 0 nitrogen and oxygen atoms in total. The lowest BCUT2D eigenvalue weighted by molar-refractivity contribution is 0.586. The van der Waals surface area contributed by atoms with Gasteiger partial charge in [-0.2, -0.15) is 0 Å². The summed E-state index contributed by atoms with van der Waals surface area (Å²) in [6.45, 7) is 0. The van der Waals surface area contributed by atoms with Crippen LogP contribution in [0.1, 0.15) is 56.3 Å². The van der Waals surface area contributed by atoms with Crippen LogP contribution < -0.4 is 0 Å². The highest BCUT2D eigenvalue weighted by Gasteiger charge is 2.65. The van der Waals surface area contributed by atoms with Crippen LogP contribution in [0.25, 0.3) is 44.5 Å². The minimum atomic E-state index is -0.506. The van der Waals surface area contributed by atoms with Gasteiger partial charge in [-0.15, -0.1) is 0 Å². The molecule has 0 radical (unpaired) electrons. The predicted octanol–water partition coefficient (Wildman–Crippen LogP) is 10.9. The van der Waals surface area contributed by atoms with E-state index in [1.807, 2.05) is 0 Å². The van der Waals surface area contributed by atoms with Crippen molar-refractivity contribution in [1.29, 1.82) is 0 Å². The summed E-state index contributed by atoms with van der Waals surface area (Å²) in [6.07, 6.45) is 0. The number of fused-ring (bicyclic) bond motifs is 14. The minimum absolute atomic E-state index is 0.229. The highest BCUT2D eigenvalue weighted by molar-refractivity contribution is 9.12. The lowest BCUT2D eigenvalue weighted by Gasteiger charge is -2.46. The average molecular weight is 662 g/mol. The van der Waals surface area contributed by atoms with Crippen molar-refractivity contribution in [2.24, 2.45) is 0 Å². The van der Waals surface area contributed by atoms with Gasteiger partial charge in [-0.25, -0.2) is 0 Å². The predicted molar refractivity (Wildman–Crippen MR) is 178 cm³/mol. The van der Waals surface area contributed by atoms with Gasteiger partial charge in [0.05, 0.1) is 0 Å². The van der Waals surface area contributed by atoms with Crippen LogP contribution in [0.15, 0.2) is 121 Å². The van der Waals surface area contributed by atoms with Gasteiger partial charge in [0.1, 0.15) is 8.65 Å². The lowest BCUT2D eigenvalue weighted by Crippen LogP contribution is -2.42. The zero-order chi connectivity index (χ0) is 27.5. The summed E-state index contributed by atoms with van der Waals surface area (Å²) in [6, 6.07) is 46.2. The molecule has 0 bridgehead atoms. The largest absolute Gasteiger partial charge is 0.100 e. The first-order valence-electron chi connectivity index (χ1n) is 14.7. The van der Waals surface area contributed by atoms with Gasteiger partial charge in [0.25, 0.3) is 0 Å². The van der Waals surface area contributed by atoms with Crippen molar-refractivity contribution in [2.45, 2.75) is 20.5 Å². The highest BCUT2D eigenvalue weighted by atomic mass is 79.9. The van der Waals surface area contributed by atoms with Crippen molar-refractivity contribution in [3.05, 3.63) is 166 Å². The SMILES string of the molecule is Br[C@]12c3ccccc3-c3ccc4c(c31)[C@@H](c1ccccc1-4)[C@@H]1c3ccccc3-c3ccc4c(c31)[C@]2(Br)c1ccccc1-4. The van der Waals surface area contributed by atoms with E-state index in [0.29, 0.717) is 0 Å². The van der Waals surface area contributed by atoms with Crippen molar-refractivity contribution >= 4 is 31.9 Å². The van der Waals surface area contributed by atoms with Gasteiger partial charge < -0.3 is 0 Å². The average Bonchev–Trinajstić information content (AvgIpc) is 3.71. The molecule has 196 valence electrons. The molecule has 0 spiro atoms. The number of alkyl halides is 2. The number of hydrogen-bond donors (Lipinski definition) is 0. The van der Waals surface area contributed by atoms with E-state index in [1.165, 1.54) is 89.0 Å². The van der Waals surface area contributed by atoms with E-state index < -0.39 is 8.65 Å². The van der Waals surface area contributed by atoms with E-state index in [1.54, 1.807) is 0 Å². The Morgan fingerprint density at radius 3 is 1.17 bits per heavy atom. The first-order chi connectivity index (χ1) is 20.6. The maximum absolute atomic E-state index is 4.67. The summed E-state index contributed by atoms with van der Waals surface area (Å²) >= 11 is 9.34. The number of rotatable bonds is 0. The first-order valence-corrected chi connectivity index (χ1v) is 16.3. The third kappa shape index (κ3) is 2.20. The molecule has 2 heteroatoms. The molecule has 0 heterocycles. The Kier molecular flexibility index (Phi) is 3.94. The van der Waals surface area contributed by atoms with Gasteiger partial charge in [-0.05, 0) is 89.0 Å². The molecule has 5 aliphatic rings. The molecule has 0 amide bonds. The fourth-order valence-corrected chi connectivity index (χ4v) is 12.0. The summed E-state index contributed by atoms with van der Waals surface area (Å²) in [5.74, 6) is 0.457. The summed E-state index contributed by atoms with van der Waals surface area (Å²) in [5, 5.41) is 0. The summed E-state index contributed by atoms with van der Waals surface area (Å²) < 4.78 is -1.01. The molecule has 0 saturated carbocycles. The van der Waals surface area contributed by atoms with E-state index in [9.17, 15) is 0 Å². The summed E-state index contributed by atoms with van der Waals surface area (Å²) in [5.41, 5.74) is 22.4. The van der Waals surface area contributed by atoms with Gasteiger partial charge in [0, 0.05) is 11.8 Å². The third-order valence-corrected chi connectivity index (χ3v) is 14.3. The molecule has 0 saturated heterocycles. The normalized spacial score (nSPS) is 25.1. The first kappa shape index (κ1) is 22.8. The minimum Gasteiger partial charge on any atom is -0.0725 e. The van der Waals surface area contributed by atoms with Crippen molar-refractivity contribution in [2.75, 3.05) is 0 Å². The van der Waals surface area contributed by atoms with Gasteiger partial charge in [0.15, 0.2) is 0 Å². The Morgan fingerprint density at radius 1 is 0.357 bits per heavy atom. The Labute approximate surface area is 261 Å². The molecular formula is C40H22Br2. The van der Waals surface area contributed by atoms with Gasteiger partial charge in [-0.1, -0.05) is 153 Å². The van der Waals surface area contributed by atoms with E-state index in [2.05, 4.69) is 153 Å². The molecule has 6 aromatic rings. The second kappa shape index (κ2) is 7.25. The standard InChI is InChI=1S/C40H22Br2/c41-39-31-15-7-5-11-23(31)29-19-17-27-21-9-1-3-13-25(21)33(35(27)37(29)39)34-26-14-4-2-10-22(26)28-18-20-30-24-12-6-8-16-32(24)40(39,42)38(30)36(28)34/h1-20,33-34H/t33-,34-,39+,40+/m0/s1. The zero-order valence-corrected chi connectivity index (χ0v) is 25.6. The molecule has 0 N–H and O–H groups in total. The van der Waals surface area contributed by atoms with Crippen LogP contribution in [-0.2, 0) is 8.65 Å². The second-order valence-corrected chi connectivity index (χ2v) is 14.8. The van der Waals surface area contributed by atoms with Crippen LogP contribution in [0.4, 0.5) is 0 Å². The zero-order valence-electron chi connectivity index (χ0n) is 22.5. The van der Waals surface area contributed by atoms with E-state index in [4.69, 9.17) is 0 Å². The fourth-order valence-electron chi connectivity index (χ4n) is 9.60. The highest BCUT2D eigenvalue weighted by Crippen LogP contribution is 2.76. The monoisotopic (exact) mass is 660 g/mol. The van der Waals surface area contributed by atoms with Gasteiger partial charge in [-0.3, -0.25) is 0 Å². The van der Waals surface area contributed by atoms with Crippen LogP contribution in [0, 0.1) is 0 Å². The van der Waals surface area contributed by atoms with Crippen LogP contribution in [0.3, 0.4) is 0 Å². The van der Waals surface area contributed by atoms with E-state index in [0.717, 1.165) is 0 Å². The second-order valence-electron chi connectivity index (χ2n) is 12.4. The van der Waals surface area contributed by atoms with Crippen LogP contribution in [0.5, 0.6) is 0 Å². The quantitative estimate of drug-likeness (QED) is 0.142. The molecule has 0 unspecified atom stereocenters. The third-order valence-electron chi connectivity index (χ3n) is 11.0. The van der Waals surface area contributed by atoms with Crippen LogP contribution in [-0.4, -0.2) is 0 Å². The maximum Gasteiger partial charge on any atom is 0.100 e. The Bertz CT molecular complexity index is 2100. The molecule has 0 aromatic heterocycles. The number of halogens is 2. The molecule has 6 aromatic carbocycles. The molecule has 42 heavy (non-hydrogen) atoms.